The van der Waals surface area contributed by atoms with Crippen LogP contribution in [0.3, 0.4) is 0 Å². The van der Waals surface area contributed by atoms with Crippen LogP contribution in [0.15, 0.2) is 59.5 Å². The van der Waals surface area contributed by atoms with Crippen molar-refractivity contribution in [3.8, 4) is 16.9 Å². The fourth-order valence-electron chi connectivity index (χ4n) is 4.29. The van der Waals surface area contributed by atoms with Gasteiger partial charge in [-0.2, -0.15) is 8.42 Å². The van der Waals surface area contributed by atoms with Crippen molar-refractivity contribution in [3.05, 3.63) is 82.4 Å². The predicted octanol–water partition coefficient (Wildman–Crippen LogP) is 5.07. The van der Waals surface area contributed by atoms with Gasteiger partial charge in [-0.3, -0.25) is 4.55 Å². The van der Waals surface area contributed by atoms with Gasteiger partial charge in [0, 0.05) is 18.4 Å². The SMILES string of the molecule is Cc1ccc(S(=O)(=O)O)c(CC2Cc3c(cccc3-c3c(C)cccc3C)O2)c1. The van der Waals surface area contributed by atoms with E-state index in [4.69, 9.17) is 4.74 Å². The van der Waals surface area contributed by atoms with Gasteiger partial charge in [-0.15, -0.1) is 0 Å². The summed E-state index contributed by atoms with van der Waals surface area (Å²) in [6, 6.07) is 17.3. The molecule has 150 valence electrons. The molecule has 0 spiro atoms. The third kappa shape index (κ3) is 3.80. The van der Waals surface area contributed by atoms with Gasteiger partial charge in [-0.05, 0) is 60.7 Å². The van der Waals surface area contributed by atoms with E-state index in [0.29, 0.717) is 18.4 Å². The molecule has 0 radical (unpaired) electrons. The van der Waals surface area contributed by atoms with Gasteiger partial charge in [0.25, 0.3) is 10.1 Å². The quantitative estimate of drug-likeness (QED) is 0.612. The number of benzene rings is 3. The fraction of sp³-hybridized carbons (Fsp3) is 0.250. The highest BCUT2D eigenvalue weighted by molar-refractivity contribution is 7.85. The summed E-state index contributed by atoms with van der Waals surface area (Å²) in [5, 5.41) is 0. The Bertz CT molecular complexity index is 1180. The van der Waals surface area contributed by atoms with Gasteiger partial charge in [0.15, 0.2) is 0 Å². The van der Waals surface area contributed by atoms with Crippen molar-refractivity contribution < 1.29 is 17.7 Å². The summed E-state index contributed by atoms with van der Waals surface area (Å²) in [7, 11) is -4.28. The average molecular weight is 409 g/mol. The third-order valence-electron chi connectivity index (χ3n) is 5.55. The lowest BCUT2D eigenvalue weighted by atomic mass is 9.90. The van der Waals surface area contributed by atoms with Crippen molar-refractivity contribution in [2.45, 2.75) is 44.6 Å². The summed E-state index contributed by atoms with van der Waals surface area (Å²) in [5.41, 5.74) is 7.50. The first-order valence-electron chi connectivity index (χ1n) is 9.66. The molecule has 1 heterocycles. The Morgan fingerprint density at radius 1 is 1.00 bits per heavy atom. The molecule has 0 saturated carbocycles. The van der Waals surface area contributed by atoms with E-state index in [9.17, 15) is 13.0 Å². The summed E-state index contributed by atoms with van der Waals surface area (Å²) < 4.78 is 39.3. The minimum Gasteiger partial charge on any atom is -0.489 e. The van der Waals surface area contributed by atoms with E-state index in [2.05, 4.69) is 38.1 Å². The second-order valence-corrected chi connectivity index (χ2v) is 9.17. The molecule has 0 fully saturated rings. The summed E-state index contributed by atoms with van der Waals surface area (Å²) >= 11 is 0. The molecule has 1 N–H and O–H groups in total. The molecule has 1 aliphatic rings. The number of hydrogen-bond donors (Lipinski definition) is 1. The second-order valence-electron chi connectivity index (χ2n) is 7.78. The lowest BCUT2D eigenvalue weighted by Crippen LogP contribution is -2.18. The molecule has 29 heavy (non-hydrogen) atoms. The fourth-order valence-corrected chi connectivity index (χ4v) is 5.00. The van der Waals surface area contributed by atoms with E-state index in [0.717, 1.165) is 16.9 Å². The van der Waals surface area contributed by atoms with Crippen LogP contribution < -0.4 is 4.74 Å². The molecule has 3 aromatic carbocycles. The van der Waals surface area contributed by atoms with Crippen molar-refractivity contribution in [1.82, 2.24) is 0 Å². The van der Waals surface area contributed by atoms with E-state index in [1.807, 2.05) is 25.1 Å². The van der Waals surface area contributed by atoms with E-state index in [1.165, 1.54) is 28.3 Å². The van der Waals surface area contributed by atoms with E-state index >= 15 is 0 Å². The Kier molecular flexibility index (Phi) is 4.97. The topological polar surface area (TPSA) is 63.6 Å². The Morgan fingerprint density at radius 3 is 2.38 bits per heavy atom. The maximum atomic E-state index is 11.8. The predicted molar refractivity (Wildman–Crippen MR) is 114 cm³/mol. The number of rotatable bonds is 4. The van der Waals surface area contributed by atoms with Crippen LogP contribution in [-0.4, -0.2) is 19.1 Å². The second kappa shape index (κ2) is 7.32. The van der Waals surface area contributed by atoms with Crippen LogP contribution in [0.1, 0.15) is 27.8 Å². The van der Waals surface area contributed by atoms with Crippen molar-refractivity contribution in [2.24, 2.45) is 0 Å². The smallest absolute Gasteiger partial charge is 0.294 e. The zero-order valence-electron chi connectivity index (χ0n) is 16.8. The van der Waals surface area contributed by atoms with Crippen molar-refractivity contribution >= 4 is 10.1 Å². The molecule has 0 aliphatic carbocycles. The molecule has 0 amide bonds. The Balaban J connectivity index is 1.69. The molecule has 0 bridgehead atoms. The van der Waals surface area contributed by atoms with Gasteiger partial charge >= 0.3 is 0 Å². The minimum absolute atomic E-state index is 0.0439. The first kappa shape index (κ1) is 19.7. The molecular formula is C24H24O4S. The Morgan fingerprint density at radius 2 is 1.69 bits per heavy atom. The summed E-state index contributed by atoms with van der Waals surface area (Å²) in [4.78, 5) is -0.0439. The number of fused-ring (bicyclic) bond motifs is 1. The van der Waals surface area contributed by atoms with Gasteiger partial charge in [0.05, 0.1) is 4.90 Å². The molecule has 5 heteroatoms. The van der Waals surface area contributed by atoms with Crippen LogP contribution in [0.4, 0.5) is 0 Å². The molecular weight excluding hydrogens is 384 g/mol. The van der Waals surface area contributed by atoms with Crippen LogP contribution >= 0.6 is 0 Å². The first-order valence-corrected chi connectivity index (χ1v) is 11.1. The van der Waals surface area contributed by atoms with Gasteiger partial charge < -0.3 is 4.74 Å². The van der Waals surface area contributed by atoms with Gasteiger partial charge in [0.1, 0.15) is 11.9 Å². The summed E-state index contributed by atoms with van der Waals surface area (Å²) in [6.07, 6.45) is 0.924. The van der Waals surface area contributed by atoms with Gasteiger partial charge in [-0.25, -0.2) is 0 Å². The number of ether oxygens (including phenoxy) is 1. The molecule has 4 nitrogen and oxygen atoms in total. The molecule has 1 atom stereocenters. The third-order valence-corrected chi connectivity index (χ3v) is 6.50. The van der Waals surface area contributed by atoms with Crippen LogP contribution in [0.5, 0.6) is 5.75 Å². The lowest BCUT2D eigenvalue weighted by molar-refractivity contribution is 0.232. The molecule has 0 saturated heterocycles. The highest BCUT2D eigenvalue weighted by Crippen LogP contribution is 2.40. The normalized spacial score (nSPS) is 15.8. The zero-order valence-corrected chi connectivity index (χ0v) is 17.6. The van der Waals surface area contributed by atoms with Crippen LogP contribution in [0.25, 0.3) is 11.1 Å². The minimum atomic E-state index is -4.28. The number of aryl methyl sites for hydroxylation is 3. The standard InChI is InChI=1S/C24H24O4S/c1-15-10-11-23(29(25,26)27)18(12-15)13-19-14-21-20(8-5-9-22(21)28-19)24-16(2)6-4-7-17(24)3/h4-12,19H,13-14H2,1-3H3,(H,25,26,27). The number of hydrogen-bond acceptors (Lipinski definition) is 3. The van der Waals surface area contributed by atoms with E-state index in [-0.39, 0.29) is 11.0 Å². The van der Waals surface area contributed by atoms with Crippen molar-refractivity contribution in [1.29, 1.82) is 0 Å². The van der Waals surface area contributed by atoms with Crippen LogP contribution in [0.2, 0.25) is 0 Å². The summed E-state index contributed by atoms with van der Waals surface area (Å²) in [6.45, 7) is 6.13. The Hall–Kier alpha value is -2.63. The molecule has 1 aliphatic heterocycles. The lowest BCUT2D eigenvalue weighted by Gasteiger charge is -2.14. The van der Waals surface area contributed by atoms with Gasteiger partial charge in [-0.1, -0.05) is 48.0 Å². The molecule has 3 aromatic rings. The zero-order chi connectivity index (χ0) is 20.8. The maximum Gasteiger partial charge on any atom is 0.294 e. The average Bonchev–Trinajstić information content (AvgIpc) is 3.03. The highest BCUT2D eigenvalue weighted by atomic mass is 32.2. The first-order chi connectivity index (χ1) is 13.7. The maximum absolute atomic E-state index is 11.8. The van der Waals surface area contributed by atoms with Gasteiger partial charge in [0.2, 0.25) is 0 Å². The molecule has 4 rings (SSSR count). The van der Waals surface area contributed by atoms with Crippen molar-refractivity contribution in [2.75, 3.05) is 0 Å². The van der Waals surface area contributed by atoms with Crippen LogP contribution in [-0.2, 0) is 23.0 Å². The highest BCUT2D eigenvalue weighted by Gasteiger charge is 2.28. The van der Waals surface area contributed by atoms with E-state index < -0.39 is 10.1 Å². The van der Waals surface area contributed by atoms with Crippen molar-refractivity contribution in [3.63, 3.8) is 0 Å². The van der Waals surface area contributed by atoms with E-state index in [1.54, 1.807) is 6.07 Å². The monoisotopic (exact) mass is 408 g/mol. The molecule has 0 aromatic heterocycles. The largest absolute Gasteiger partial charge is 0.489 e. The molecule has 1 unspecified atom stereocenters. The summed E-state index contributed by atoms with van der Waals surface area (Å²) in [5.74, 6) is 0.844. The van der Waals surface area contributed by atoms with Crippen LogP contribution in [0, 0.1) is 20.8 Å². The Labute approximate surface area is 171 Å².